The lowest BCUT2D eigenvalue weighted by Gasteiger charge is -2.35. The molecule has 0 aliphatic carbocycles. The molecule has 1 nitrogen and oxygen atoms in total. The largest absolute Gasteiger partial charge is 0.449 e. The summed E-state index contributed by atoms with van der Waals surface area (Å²) in [5.41, 5.74) is 3.14. The summed E-state index contributed by atoms with van der Waals surface area (Å²) >= 11 is 0. The van der Waals surface area contributed by atoms with E-state index in [1.165, 1.54) is 21.5 Å². The standard InChI is InChI=1S/C24H38OSi2/c1-23(2,3)19-11-15-21(16-12-19)26(7,8)25-27(9,10)22-17-13-20(14-18-22)24(4,5)6/h11-18H,1-10H3. The molecule has 0 N–H and O–H groups in total. The topological polar surface area (TPSA) is 9.23 Å². The van der Waals surface area contributed by atoms with Crippen LogP contribution in [0, 0.1) is 0 Å². The zero-order valence-electron chi connectivity index (χ0n) is 19.0. The van der Waals surface area contributed by atoms with Crippen LogP contribution < -0.4 is 10.4 Å². The summed E-state index contributed by atoms with van der Waals surface area (Å²) in [7, 11) is -3.94. The molecule has 3 heteroatoms. The van der Waals surface area contributed by atoms with Crippen LogP contribution >= 0.6 is 0 Å². The third-order valence-corrected chi connectivity index (χ3v) is 12.9. The summed E-state index contributed by atoms with van der Waals surface area (Å²) in [5, 5.41) is 2.75. The van der Waals surface area contributed by atoms with Crippen LogP contribution in [0.1, 0.15) is 52.7 Å². The Labute approximate surface area is 169 Å². The second-order valence-corrected chi connectivity index (χ2v) is 18.8. The van der Waals surface area contributed by atoms with Crippen LogP contribution in [0.15, 0.2) is 48.5 Å². The fourth-order valence-electron chi connectivity index (χ4n) is 3.50. The van der Waals surface area contributed by atoms with Crippen LogP contribution in [0.5, 0.6) is 0 Å². The first-order chi connectivity index (χ1) is 12.1. The molecule has 0 fully saturated rings. The van der Waals surface area contributed by atoms with Crippen molar-refractivity contribution in [2.24, 2.45) is 0 Å². The minimum absolute atomic E-state index is 0.188. The first kappa shape index (κ1) is 22.1. The zero-order chi connectivity index (χ0) is 20.7. The minimum Gasteiger partial charge on any atom is -0.449 e. The molecular formula is C24H38OSi2. The van der Waals surface area contributed by atoms with E-state index < -0.39 is 16.6 Å². The highest BCUT2D eigenvalue weighted by Crippen LogP contribution is 2.24. The molecule has 0 spiro atoms. The van der Waals surface area contributed by atoms with Gasteiger partial charge < -0.3 is 4.12 Å². The van der Waals surface area contributed by atoms with Gasteiger partial charge in [-0.1, -0.05) is 90.1 Å². The van der Waals surface area contributed by atoms with Crippen molar-refractivity contribution in [3.05, 3.63) is 59.7 Å². The van der Waals surface area contributed by atoms with Crippen LogP contribution in [0.3, 0.4) is 0 Å². The van der Waals surface area contributed by atoms with E-state index in [9.17, 15) is 0 Å². The van der Waals surface area contributed by atoms with Crippen molar-refractivity contribution in [3.8, 4) is 0 Å². The van der Waals surface area contributed by atoms with E-state index in [0.717, 1.165) is 0 Å². The number of rotatable bonds is 4. The van der Waals surface area contributed by atoms with Crippen molar-refractivity contribution >= 4 is 27.0 Å². The fourth-order valence-corrected chi connectivity index (χ4v) is 11.5. The summed E-state index contributed by atoms with van der Waals surface area (Å²) in [4.78, 5) is 0. The summed E-state index contributed by atoms with van der Waals surface area (Å²) in [6, 6.07) is 18.3. The lowest BCUT2D eigenvalue weighted by atomic mass is 9.87. The number of hydrogen-bond acceptors (Lipinski definition) is 1. The van der Waals surface area contributed by atoms with Crippen LogP contribution in [-0.2, 0) is 14.9 Å². The van der Waals surface area contributed by atoms with Gasteiger partial charge in [0.05, 0.1) is 0 Å². The van der Waals surface area contributed by atoms with Gasteiger partial charge in [-0.05, 0) is 58.5 Å². The second-order valence-electron chi connectivity index (χ2n) is 10.8. The molecule has 0 heterocycles. The van der Waals surface area contributed by atoms with Crippen LogP contribution in [-0.4, -0.2) is 16.6 Å². The van der Waals surface area contributed by atoms with Gasteiger partial charge in [0.15, 0.2) is 0 Å². The second kappa shape index (κ2) is 7.34. The number of benzene rings is 2. The number of hydrogen-bond donors (Lipinski definition) is 0. The van der Waals surface area contributed by atoms with E-state index >= 15 is 0 Å². The first-order valence-corrected chi connectivity index (χ1v) is 15.9. The Morgan fingerprint density at radius 1 is 0.519 bits per heavy atom. The summed E-state index contributed by atoms with van der Waals surface area (Å²) < 4.78 is 6.93. The smallest absolute Gasteiger partial charge is 0.206 e. The molecule has 0 saturated heterocycles. The predicted octanol–water partition coefficient (Wildman–Crippen LogP) is 5.82. The molecule has 2 rings (SSSR count). The molecule has 2 aromatic rings. The average Bonchev–Trinajstić information content (AvgIpc) is 2.52. The van der Waals surface area contributed by atoms with Gasteiger partial charge in [-0.25, -0.2) is 0 Å². The Hall–Kier alpha value is -1.17. The Kier molecular flexibility index (Phi) is 6.02. The van der Waals surface area contributed by atoms with Gasteiger partial charge in [0.1, 0.15) is 0 Å². The van der Waals surface area contributed by atoms with Crippen molar-refractivity contribution in [3.63, 3.8) is 0 Å². The minimum atomic E-state index is -1.97. The molecular weight excluding hydrogens is 360 g/mol. The monoisotopic (exact) mass is 398 g/mol. The highest BCUT2D eigenvalue weighted by atomic mass is 28.4. The maximum absolute atomic E-state index is 6.93. The maximum atomic E-state index is 6.93. The van der Waals surface area contributed by atoms with Gasteiger partial charge in [-0.3, -0.25) is 0 Å². The van der Waals surface area contributed by atoms with Gasteiger partial charge in [-0.2, -0.15) is 0 Å². The van der Waals surface area contributed by atoms with Gasteiger partial charge in [0, 0.05) is 0 Å². The molecule has 0 amide bonds. The molecule has 0 saturated carbocycles. The first-order valence-electron chi connectivity index (χ1n) is 10.1. The molecule has 0 unspecified atom stereocenters. The van der Waals surface area contributed by atoms with Crippen molar-refractivity contribution in [1.82, 2.24) is 0 Å². The molecule has 148 valence electrons. The molecule has 0 aliphatic heterocycles. The van der Waals surface area contributed by atoms with Crippen molar-refractivity contribution < 1.29 is 4.12 Å². The summed E-state index contributed by atoms with van der Waals surface area (Å²) in [6.45, 7) is 22.9. The molecule has 0 radical (unpaired) electrons. The average molecular weight is 399 g/mol. The third kappa shape index (κ3) is 5.43. The molecule has 0 atom stereocenters. The quantitative estimate of drug-likeness (QED) is 0.589. The van der Waals surface area contributed by atoms with E-state index in [0.29, 0.717) is 0 Å². The summed E-state index contributed by atoms with van der Waals surface area (Å²) in [5.74, 6) is 0. The highest BCUT2D eigenvalue weighted by Gasteiger charge is 2.36. The Morgan fingerprint density at radius 3 is 1.00 bits per heavy atom. The molecule has 2 aromatic carbocycles. The van der Waals surface area contributed by atoms with Crippen molar-refractivity contribution in [2.45, 2.75) is 78.6 Å². The van der Waals surface area contributed by atoms with Gasteiger partial charge >= 0.3 is 0 Å². The SMILES string of the molecule is CC(C)(C)c1ccc([Si](C)(C)O[Si](C)(C)c2ccc(C(C)(C)C)cc2)cc1. The maximum Gasteiger partial charge on any atom is 0.206 e. The zero-order valence-corrected chi connectivity index (χ0v) is 21.0. The predicted molar refractivity (Wildman–Crippen MR) is 126 cm³/mol. The van der Waals surface area contributed by atoms with Crippen molar-refractivity contribution in [2.75, 3.05) is 0 Å². The Bertz CT molecular complexity index is 691. The van der Waals surface area contributed by atoms with Crippen LogP contribution in [0.4, 0.5) is 0 Å². The van der Waals surface area contributed by atoms with E-state index in [1.54, 1.807) is 0 Å². The third-order valence-electron chi connectivity index (χ3n) is 5.40. The highest BCUT2D eigenvalue weighted by molar-refractivity contribution is 6.96. The van der Waals surface area contributed by atoms with E-state index in [-0.39, 0.29) is 10.8 Å². The Morgan fingerprint density at radius 2 is 0.778 bits per heavy atom. The summed E-state index contributed by atoms with van der Waals surface area (Å²) in [6.07, 6.45) is 0. The van der Waals surface area contributed by atoms with Crippen LogP contribution in [0.25, 0.3) is 0 Å². The van der Waals surface area contributed by atoms with E-state index in [2.05, 4.69) is 116 Å². The van der Waals surface area contributed by atoms with Gasteiger partial charge in [0.2, 0.25) is 16.6 Å². The van der Waals surface area contributed by atoms with Gasteiger partial charge in [-0.15, -0.1) is 0 Å². The normalized spacial score (nSPS) is 13.7. The Balaban J connectivity index is 2.24. The van der Waals surface area contributed by atoms with Crippen LogP contribution in [0.2, 0.25) is 26.2 Å². The van der Waals surface area contributed by atoms with E-state index in [1.807, 2.05) is 0 Å². The lowest BCUT2D eigenvalue weighted by molar-refractivity contribution is 0.571. The molecule has 0 aromatic heterocycles. The van der Waals surface area contributed by atoms with E-state index in [4.69, 9.17) is 4.12 Å². The molecule has 0 aliphatic rings. The lowest BCUT2D eigenvalue weighted by Crippen LogP contribution is -2.57. The molecule has 0 bridgehead atoms. The van der Waals surface area contributed by atoms with Gasteiger partial charge in [0.25, 0.3) is 0 Å². The fraction of sp³-hybridized carbons (Fsp3) is 0.500. The molecule has 27 heavy (non-hydrogen) atoms. The van der Waals surface area contributed by atoms with Crippen molar-refractivity contribution in [1.29, 1.82) is 0 Å².